The predicted octanol–water partition coefficient (Wildman–Crippen LogP) is 0.461. The van der Waals surface area contributed by atoms with E-state index in [0.29, 0.717) is 5.54 Å². The molecule has 1 heterocycles. The summed E-state index contributed by atoms with van der Waals surface area (Å²) in [5, 5.41) is 8.95. The second-order valence-corrected chi connectivity index (χ2v) is 3.54. The van der Waals surface area contributed by atoms with Crippen molar-refractivity contribution in [3.05, 3.63) is 0 Å². The van der Waals surface area contributed by atoms with Gasteiger partial charge in [0.2, 0.25) is 0 Å². The Morgan fingerprint density at radius 1 is 1.67 bits per heavy atom. The summed E-state index contributed by atoms with van der Waals surface area (Å²) in [5.74, 6) is 0. The summed E-state index contributed by atoms with van der Waals surface area (Å²) in [4.78, 5) is 2.26. The first-order valence-corrected chi connectivity index (χ1v) is 3.45. The van der Waals surface area contributed by atoms with Crippen molar-refractivity contribution in [2.75, 3.05) is 13.1 Å². The van der Waals surface area contributed by atoms with Gasteiger partial charge in [0.25, 0.3) is 0 Å². The summed E-state index contributed by atoms with van der Waals surface area (Å²) in [5.41, 5.74) is 0.372. The van der Waals surface area contributed by atoms with Gasteiger partial charge in [0, 0.05) is 18.6 Å². The average Bonchev–Trinajstić information content (AvgIpc) is 2.10. The fraction of sp³-hybridized carbons (Fsp3) is 1.00. The zero-order valence-corrected chi connectivity index (χ0v) is 6.39. The van der Waals surface area contributed by atoms with Crippen LogP contribution in [0, 0.1) is 0 Å². The maximum absolute atomic E-state index is 8.95. The third kappa shape index (κ3) is 1.66. The van der Waals surface area contributed by atoms with Gasteiger partial charge in [0.15, 0.2) is 0 Å². The van der Waals surface area contributed by atoms with Crippen molar-refractivity contribution >= 4 is 0 Å². The van der Waals surface area contributed by atoms with Gasteiger partial charge in [0.05, 0.1) is 6.10 Å². The molecule has 0 aliphatic carbocycles. The van der Waals surface area contributed by atoms with Crippen molar-refractivity contribution in [3.8, 4) is 0 Å². The van der Waals surface area contributed by atoms with Crippen LogP contribution >= 0.6 is 0 Å². The van der Waals surface area contributed by atoms with Gasteiger partial charge in [-0.05, 0) is 20.8 Å². The van der Waals surface area contributed by atoms with Gasteiger partial charge in [-0.2, -0.15) is 0 Å². The SMILES string of the molecule is C[C@@H](O)CN1CC1(C)C. The molecular weight excluding hydrogens is 114 g/mol. The van der Waals surface area contributed by atoms with Crippen molar-refractivity contribution in [2.24, 2.45) is 0 Å². The molecule has 2 heteroatoms. The molecule has 0 amide bonds. The van der Waals surface area contributed by atoms with Crippen LogP contribution in [0.2, 0.25) is 0 Å². The van der Waals surface area contributed by atoms with Crippen molar-refractivity contribution in [2.45, 2.75) is 32.4 Å². The van der Waals surface area contributed by atoms with Crippen molar-refractivity contribution in [3.63, 3.8) is 0 Å². The summed E-state index contributed by atoms with van der Waals surface area (Å²) in [6.45, 7) is 8.17. The van der Waals surface area contributed by atoms with E-state index in [2.05, 4.69) is 18.7 Å². The molecule has 0 saturated carbocycles. The average molecular weight is 129 g/mol. The number of nitrogens with zero attached hydrogens (tertiary/aromatic N) is 1. The van der Waals surface area contributed by atoms with E-state index >= 15 is 0 Å². The van der Waals surface area contributed by atoms with E-state index < -0.39 is 0 Å². The summed E-state index contributed by atoms with van der Waals surface area (Å²) < 4.78 is 0. The molecule has 1 unspecified atom stereocenters. The molecule has 1 fully saturated rings. The lowest BCUT2D eigenvalue weighted by Crippen LogP contribution is -2.19. The molecule has 1 N–H and O–H groups in total. The van der Waals surface area contributed by atoms with Crippen LogP contribution in [0.4, 0.5) is 0 Å². The molecule has 0 radical (unpaired) electrons. The van der Waals surface area contributed by atoms with Crippen LogP contribution in [0.1, 0.15) is 20.8 Å². The highest BCUT2D eigenvalue weighted by Gasteiger charge is 2.42. The normalized spacial score (nSPS) is 34.0. The Morgan fingerprint density at radius 3 is 2.22 bits per heavy atom. The quantitative estimate of drug-likeness (QED) is 0.547. The highest BCUT2D eigenvalue weighted by molar-refractivity contribution is 4.99. The molecule has 1 rings (SSSR count). The van der Waals surface area contributed by atoms with E-state index in [-0.39, 0.29) is 6.10 Å². The Morgan fingerprint density at radius 2 is 2.11 bits per heavy atom. The lowest BCUT2D eigenvalue weighted by Gasteiger charge is -2.07. The molecule has 1 aliphatic heterocycles. The van der Waals surface area contributed by atoms with Crippen LogP contribution in [0.3, 0.4) is 0 Å². The van der Waals surface area contributed by atoms with Crippen LogP contribution < -0.4 is 0 Å². The minimum Gasteiger partial charge on any atom is -0.392 e. The summed E-state index contributed by atoms with van der Waals surface area (Å²) >= 11 is 0. The van der Waals surface area contributed by atoms with E-state index in [9.17, 15) is 0 Å². The highest BCUT2D eigenvalue weighted by atomic mass is 16.3. The third-order valence-electron chi connectivity index (χ3n) is 1.82. The molecule has 54 valence electrons. The fourth-order valence-electron chi connectivity index (χ4n) is 1.06. The summed E-state index contributed by atoms with van der Waals surface area (Å²) in [6, 6.07) is 0. The lowest BCUT2D eigenvalue weighted by atomic mass is 10.2. The van der Waals surface area contributed by atoms with E-state index in [1.165, 1.54) is 0 Å². The number of rotatable bonds is 2. The summed E-state index contributed by atoms with van der Waals surface area (Å²) in [6.07, 6.45) is -0.174. The minimum absolute atomic E-state index is 0.174. The van der Waals surface area contributed by atoms with Gasteiger partial charge in [-0.1, -0.05) is 0 Å². The molecule has 0 aromatic carbocycles. The summed E-state index contributed by atoms with van der Waals surface area (Å²) in [7, 11) is 0. The van der Waals surface area contributed by atoms with E-state index in [0.717, 1.165) is 13.1 Å². The lowest BCUT2D eigenvalue weighted by molar-refractivity contribution is 0.164. The van der Waals surface area contributed by atoms with E-state index in [1.807, 2.05) is 6.92 Å². The highest BCUT2D eigenvalue weighted by Crippen LogP contribution is 2.30. The van der Waals surface area contributed by atoms with Gasteiger partial charge >= 0.3 is 0 Å². The number of β-amino-alcohol motifs (C(OH)–C–C–N with tert-alkyl or cyclic N) is 1. The largest absolute Gasteiger partial charge is 0.392 e. The van der Waals surface area contributed by atoms with Gasteiger partial charge < -0.3 is 5.11 Å². The monoisotopic (exact) mass is 129 g/mol. The Balaban J connectivity index is 2.20. The molecule has 9 heavy (non-hydrogen) atoms. The van der Waals surface area contributed by atoms with Crippen LogP contribution in [0.15, 0.2) is 0 Å². The number of aliphatic hydroxyl groups excluding tert-OH is 1. The smallest absolute Gasteiger partial charge is 0.0639 e. The zero-order valence-electron chi connectivity index (χ0n) is 6.39. The maximum Gasteiger partial charge on any atom is 0.0639 e. The zero-order chi connectivity index (χ0) is 7.07. The predicted molar refractivity (Wildman–Crippen MR) is 37.3 cm³/mol. The van der Waals surface area contributed by atoms with Crippen molar-refractivity contribution in [1.29, 1.82) is 0 Å². The molecular formula is C7H15NO. The van der Waals surface area contributed by atoms with Crippen LogP contribution in [0.25, 0.3) is 0 Å². The first-order valence-electron chi connectivity index (χ1n) is 3.45. The molecule has 0 aromatic rings. The Bertz CT molecular complexity index is 109. The second-order valence-electron chi connectivity index (χ2n) is 3.54. The molecule has 0 bridgehead atoms. The molecule has 2 atom stereocenters. The second kappa shape index (κ2) is 1.96. The Kier molecular flexibility index (Phi) is 1.53. The Hall–Kier alpha value is -0.0800. The van der Waals surface area contributed by atoms with Gasteiger partial charge in [-0.15, -0.1) is 0 Å². The topological polar surface area (TPSA) is 23.2 Å². The van der Waals surface area contributed by atoms with E-state index in [1.54, 1.807) is 0 Å². The third-order valence-corrected chi connectivity index (χ3v) is 1.82. The fourth-order valence-corrected chi connectivity index (χ4v) is 1.06. The molecule has 1 saturated heterocycles. The van der Waals surface area contributed by atoms with Crippen molar-refractivity contribution in [1.82, 2.24) is 4.90 Å². The maximum atomic E-state index is 8.95. The molecule has 0 aromatic heterocycles. The van der Waals surface area contributed by atoms with Gasteiger partial charge in [-0.3, -0.25) is 4.90 Å². The standard InChI is InChI=1S/C7H15NO/c1-6(9)4-8-5-7(8,2)3/h6,9H,4-5H2,1-3H3/t6-,8?/m1/s1. The molecule has 0 spiro atoms. The van der Waals surface area contributed by atoms with Crippen LogP contribution in [-0.4, -0.2) is 34.7 Å². The number of hydrogen-bond acceptors (Lipinski definition) is 2. The first-order chi connectivity index (χ1) is 4.02. The number of hydrogen-bond donors (Lipinski definition) is 1. The van der Waals surface area contributed by atoms with E-state index in [4.69, 9.17) is 5.11 Å². The van der Waals surface area contributed by atoms with Crippen LogP contribution in [-0.2, 0) is 0 Å². The van der Waals surface area contributed by atoms with Crippen molar-refractivity contribution < 1.29 is 5.11 Å². The number of aliphatic hydroxyl groups is 1. The van der Waals surface area contributed by atoms with Gasteiger partial charge in [0.1, 0.15) is 0 Å². The van der Waals surface area contributed by atoms with Gasteiger partial charge in [-0.25, -0.2) is 0 Å². The van der Waals surface area contributed by atoms with Crippen LogP contribution in [0.5, 0.6) is 0 Å². The molecule has 2 nitrogen and oxygen atoms in total. The minimum atomic E-state index is -0.174. The first kappa shape index (κ1) is 7.03. The molecule has 1 aliphatic rings. The Labute approximate surface area is 56.5 Å².